The van der Waals surface area contributed by atoms with E-state index in [4.69, 9.17) is 11.0 Å². The number of hydrogen-bond acceptors (Lipinski definition) is 5. The zero-order valence-corrected chi connectivity index (χ0v) is 17.1. The molecule has 0 bridgehead atoms. The van der Waals surface area contributed by atoms with Crippen molar-refractivity contribution in [1.29, 1.82) is 5.26 Å². The van der Waals surface area contributed by atoms with Gasteiger partial charge in [-0.25, -0.2) is 13.8 Å². The third kappa shape index (κ3) is 5.46. The molecule has 8 nitrogen and oxygen atoms in total. The number of carbonyl (C=O) groups excluding carboxylic acids is 2. The number of amides is 2. The first-order chi connectivity index (χ1) is 15.5. The van der Waals surface area contributed by atoms with Gasteiger partial charge in [-0.05, 0) is 30.2 Å². The number of nitrogens with one attached hydrogen (secondary N) is 1. The molecule has 0 radical (unpaired) electrons. The van der Waals surface area contributed by atoms with Crippen molar-refractivity contribution >= 4 is 11.8 Å². The third-order valence-corrected chi connectivity index (χ3v) is 5.08. The third-order valence-electron chi connectivity index (χ3n) is 5.08. The molecule has 33 heavy (non-hydrogen) atoms. The Morgan fingerprint density at radius 1 is 1.27 bits per heavy atom. The van der Waals surface area contributed by atoms with Crippen molar-refractivity contribution in [2.45, 2.75) is 38.1 Å². The van der Waals surface area contributed by atoms with Gasteiger partial charge < -0.3 is 20.5 Å². The van der Waals surface area contributed by atoms with Crippen molar-refractivity contribution in [3.05, 3.63) is 52.6 Å². The van der Waals surface area contributed by atoms with E-state index in [-0.39, 0.29) is 43.7 Å². The number of benzene rings is 1. The molecule has 0 saturated heterocycles. The second kappa shape index (κ2) is 9.53. The summed E-state index contributed by atoms with van der Waals surface area (Å²) in [6.07, 6.45) is -5.22. The Morgan fingerprint density at radius 2 is 2.00 bits per heavy atom. The van der Waals surface area contributed by atoms with Gasteiger partial charge in [0.1, 0.15) is 18.2 Å². The van der Waals surface area contributed by atoms with Gasteiger partial charge in [-0.1, -0.05) is 0 Å². The summed E-state index contributed by atoms with van der Waals surface area (Å²) in [6, 6.07) is 3.65. The molecule has 0 unspecified atom stereocenters. The van der Waals surface area contributed by atoms with E-state index in [1.807, 2.05) is 0 Å². The smallest absolute Gasteiger partial charge is 0.338 e. The lowest BCUT2D eigenvalue weighted by Crippen LogP contribution is -2.42. The molecule has 1 aliphatic rings. The molecule has 3 rings (SSSR count). The van der Waals surface area contributed by atoms with Gasteiger partial charge in [-0.2, -0.15) is 18.4 Å². The number of alkyl halides is 3. The molecule has 0 saturated carbocycles. The van der Waals surface area contributed by atoms with Crippen molar-refractivity contribution in [3.8, 4) is 6.07 Å². The number of halogens is 5. The molecule has 1 aromatic heterocycles. The van der Waals surface area contributed by atoms with Crippen molar-refractivity contribution in [3.63, 3.8) is 0 Å². The average molecular weight is 470 g/mol. The van der Waals surface area contributed by atoms with E-state index in [2.05, 4.69) is 10.3 Å². The predicted molar refractivity (Wildman–Crippen MR) is 103 cm³/mol. The van der Waals surface area contributed by atoms with Crippen molar-refractivity contribution in [1.82, 2.24) is 19.8 Å². The molecule has 13 heteroatoms. The van der Waals surface area contributed by atoms with E-state index >= 15 is 0 Å². The van der Waals surface area contributed by atoms with Gasteiger partial charge in [-0.3, -0.25) is 9.59 Å². The van der Waals surface area contributed by atoms with Crippen LogP contribution in [-0.4, -0.2) is 45.4 Å². The minimum absolute atomic E-state index is 0.00158. The first-order valence-electron chi connectivity index (χ1n) is 9.80. The van der Waals surface area contributed by atoms with E-state index in [0.29, 0.717) is 0 Å². The molecule has 1 aliphatic heterocycles. The molecule has 3 N–H and O–H groups in total. The quantitative estimate of drug-likeness (QED) is 0.493. The number of aromatic nitrogens is 2. The fraction of sp³-hybridized carbons (Fsp3) is 0.400. The number of nitriles is 1. The maximum absolute atomic E-state index is 13.8. The van der Waals surface area contributed by atoms with Crippen LogP contribution in [-0.2, 0) is 30.5 Å². The SMILES string of the molecule is N#CCNC(=O)c1nc(C(F)(F)F)n2c1CN(C(=O)C[C@H](N)Cc1cc(F)ccc1F)CC2. The van der Waals surface area contributed by atoms with E-state index < -0.39 is 53.7 Å². The molecule has 0 fully saturated rings. The standard InChI is InChI=1S/C20H19F5N6O2/c21-12-1-2-14(22)11(7-12)8-13(27)9-16(32)30-5-6-31-15(10-30)17(18(33)28-4-3-26)29-19(31)20(23,24)25/h1-2,7,13H,4-6,8-10,27H2,(H,28,33)/t13-/m1/s1. The van der Waals surface area contributed by atoms with E-state index in [1.165, 1.54) is 4.90 Å². The predicted octanol–water partition coefficient (Wildman–Crippen LogP) is 1.74. The summed E-state index contributed by atoms with van der Waals surface area (Å²) in [5, 5.41) is 10.7. The molecular formula is C20H19F5N6O2. The lowest BCUT2D eigenvalue weighted by molar-refractivity contribution is -0.148. The summed E-state index contributed by atoms with van der Waals surface area (Å²) in [5.74, 6) is -4.09. The Morgan fingerprint density at radius 3 is 2.67 bits per heavy atom. The van der Waals surface area contributed by atoms with Crippen LogP contribution in [0.15, 0.2) is 18.2 Å². The molecule has 2 heterocycles. The van der Waals surface area contributed by atoms with Gasteiger partial charge in [-0.15, -0.1) is 0 Å². The fourth-order valence-corrected chi connectivity index (χ4v) is 3.59. The van der Waals surface area contributed by atoms with Crippen molar-refractivity contribution < 1.29 is 31.5 Å². The summed E-state index contributed by atoms with van der Waals surface area (Å²) in [6.45, 7) is -1.12. The van der Waals surface area contributed by atoms with Gasteiger partial charge in [0, 0.05) is 25.6 Å². The highest BCUT2D eigenvalue weighted by molar-refractivity contribution is 5.94. The number of imidazole rings is 1. The second-order valence-corrected chi connectivity index (χ2v) is 7.44. The summed E-state index contributed by atoms with van der Waals surface area (Å²) in [5.41, 5.74) is 5.27. The van der Waals surface area contributed by atoms with Gasteiger partial charge >= 0.3 is 6.18 Å². The summed E-state index contributed by atoms with van der Waals surface area (Å²) < 4.78 is 68.1. The fourth-order valence-electron chi connectivity index (χ4n) is 3.59. The van der Waals surface area contributed by atoms with Crippen LogP contribution in [0.25, 0.3) is 0 Å². The highest BCUT2D eigenvalue weighted by Gasteiger charge is 2.41. The Labute approximate surface area is 184 Å². The van der Waals surface area contributed by atoms with E-state index in [0.717, 1.165) is 22.8 Å². The van der Waals surface area contributed by atoms with Gasteiger partial charge in [0.25, 0.3) is 5.91 Å². The average Bonchev–Trinajstić information content (AvgIpc) is 3.14. The number of carbonyl (C=O) groups is 2. The molecule has 0 spiro atoms. The molecule has 1 atom stereocenters. The largest absolute Gasteiger partial charge is 0.449 e. The highest BCUT2D eigenvalue weighted by atomic mass is 19.4. The van der Waals surface area contributed by atoms with Crippen LogP contribution in [0.3, 0.4) is 0 Å². The Balaban J connectivity index is 1.76. The van der Waals surface area contributed by atoms with Crippen LogP contribution in [0.1, 0.15) is 34.0 Å². The first-order valence-corrected chi connectivity index (χ1v) is 9.80. The number of nitrogens with zero attached hydrogens (tertiary/aromatic N) is 4. The molecule has 0 aliphatic carbocycles. The van der Waals surface area contributed by atoms with Crippen molar-refractivity contribution in [2.75, 3.05) is 13.1 Å². The van der Waals surface area contributed by atoms with Gasteiger partial charge in [0.2, 0.25) is 11.7 Å². The maximum Gasteiger partial charge on any atom is 0.449 e. The van der Waals surface area contributed by atoms with Crippen molar-refractivity contribution in [2.24, 2.45) is 5.73 Å². The zero-order valence-electron chi connectivity index (χ0n) is 17.1. The van der Waals surface area contributed by atoms with E-state index in [1.54, 1.807) is 6.07 Å². The zero-order chi connectivity index (χ0) is 24.3. The van der Waals surface area contributed by atoms with Gasteiger partial charge in [0.05, 0.1) is 18.3 Å². The van der Waals surface area contributed by atoms with Gasteiger partial charge in [0.15, 0.2) is 5.69 Å². The first kappa shape index (κ1) is 24.1. The van der Waals surface area contributed by atoms with Crippen LogP contribution in [0.5, 0.6) is 0 Å². The number of rotatable bonds is 6. The summed E-state index contributed by atoms with van der Waals surface area (Å²) >= 11 is 0. The molecule has 2 amide bonds. The summed E-state index contributed by atoms with van der Waals surface area (Å²) in [7, 11) is 0. The Kier molecular flexibility index (Phi) is 6.97. The number of hydrogen-bond donors (Lipinski definition) is 2. The van der Waals surface area contributed by atoms with Crippen LogP contribution in [0.4, 0.5) is 22.0 Å². The molecular weight excluding hydrogens is 451 g/mol. The Bertz CT molecular complexity index is 1110. The van der Waals surface area contributed by atoms with E-state index in [9.17, 15) is 31.5 Å². The van der Waals surface area contributed by atoms with Crippen LogP contribution < -0.4 is 11.1 Å². The lowest BCUT2D eigenvalue weighted by Gasteiger charge is -2.30. The topological polar surface area (TPSA) is 117 Å². The van der Waals surface area contributed by atoms with Crippen LogP contribution >= 0.6 is 0 Å². The maximum atomic E-state index is 13.8. The number of fused-ring (bicyclic) bond motifs is 1. The van der Waals surface area contributed by atoms with Crippen LogP contribution in [0.2, 0.25) is 0 Å². The second-order valence-electron chi connectivity index (χ2n) is 7.44. The number of nitrogens with two attached hydrogens (primary N) is 1. The molecule has 176 valence electrons. The Hall–Kier alpha value is -3.53. The highest BCUT2D eigenvalue weighted by Crippen LogP contribution is 2.32. The molecule has 2 aromatic rings. The monoisotopic (exact) mass is 470 g/mol. The van der Waals surface area contributed by atoms with Crippen LogP contribution in [0, 0.1) is 23.0 Å². The minimum Gasteiger partial charge on any atom is -0.338 e. The minimum atomic E-state index is -4.83. The lowest BCUT2D eigenvalue weighted by atomic mass is 10.0. The summed E-state index contributed by atoms with van der Waals surface area (Å²) in [4.78, 5) is 29.6. The molecule has 1 aromatic carbocycles. The normalized spacial score (nSPS) is 14.4.